The number of benzene rings is 1. The molecule has 1 aliphatic heterocycles. The number of carbonyl (C=O) groups excluding carboxylic acids is 2. The van der Waals surface area contributed by atoms with Crippen molar-refractivity contribution in [1.29, 1.82) is 0 Å². The van der Waals surface area contributed by atoms with Crippen LogP contribution in [-0.2, 0) is 16.0 Å². The van der Waals surface area contributed by atoms with Gasteiger partial charge in [-0.1, -0.05) is 24.8 Å². The Bertz CT molecular complexity index is 1080. The second kappa shape index (κ2) is 7.62. The Labute approximate surface area is 175 Å². The van der Waals surface area contributed by atoms with Crippen molar-refractivity contribution in [2.45, 2.75) is 44.6 Å². The molecule has 2 aliphatic rings. The lowest BCUT2D eigenvalue weighted by atomic mass is 10.0. The normalized spacial score (nSPS) is 22.6. The maximum absolute atomic E-state index is 12.4. The van der Waals surface area contributed by atoms with E-state index in [-0.39, 0.29) is 11.8 Å². The van der Waals surface area contributed by atoms with Gasteiger partial charge in [-0.25, -0.2) is 9.48 Å². The topological polar surface area (TPSA) is 84.7 Å². The molecule has 0 spiro atoms. The van der Waals surface area contributed by atoms with E-state index in [2.05, 4.69) is 23.9 Å². The molecule has 1 aromatic carbocycles. The zero-order valence-electron chi connectivity index (χ0n) is 17.4. The Morgan fingerprint density at radius 1 is 1.43 bits per heavy atom. The summed E-state index contributed by atoms with van der Waals surface area (Å²) in [5.74, 6) is 5.15. The fourth-order valence-electron chi connectivity index (χ4n) is 4.15. The maximum atomic E-state index is 12.4. The van der Waals surface area contributed by atoms with Crippen LogP contribution in [0.3, 0.4) is 0 Å². The van der Waals surface area contributed by atoms with Gasteiger partial charge in [-0.2, -0.15) is 5.10 Å². The second-order valence-electron chi connectivity index (χ2n) is 7.92. The average molecular weight is 407 g/mol. The summed E-state index contributed by atoms with van der Waals surface area (Å²) in [4.78, 5) is 26.0. The number of carbonyl (C=O) groups is 2. The zero-order valence-corrected chi connectivity index (χ0v) is 17.4. The van der Waals surface area contributed by atoms with Crippen molar-refractivity contribution in [3.05, 3.63) is 46.8 Å². The lowest BCUT2D eigenvalue weighted by Gasteiger charge is -2.13. The first-order valence-electron chi connectivity index (χ1n) is 10.2. The Balaban J connectivity index is 1.70. The van der Waals surface area contributed by atoms with Crippen LogP contribution in [0.2, 0.25) is 0 Å². The molecule has 1 saturated heterocycles. The molecule has 2 atom stereocenters. The highest BCUT2D eigenvalue weighted by atomic mass is 16.5. The van der Waals surface area contributed by atoms with Crippen LogP contribution in [0, 0.1) is 11.8 Å². The standard InChI is InChI=1S/C23H25N3O4/c1-4-30-21(27)20-19-15(2)8-9-18(19)26(24-20)17-7-5-6-16(14-17)10-11-23(29)12-13-25(3)22(23)28/h5-7,14-15,29H,4,8-9,12-13H2,1-3H3/t15?,23-/m0/s1. The summed E-state index contributed by atoms with van der Waals surface area (Å²) >= 11 is 0. The van der Waals surface area contributed by atoms with Gasteiger partial charge in [0.05, 0.1) is 12.3 Å². The van der Waals surface area contributed by atoms with Gasteiger partial charge < -0.3 is 14.7 Å². The van der Waals surface area contributed by atoms with E-state index in [9.17, 15) is 14.7 Å². The molecule has 0 bridgehead atoms. The van der Waals surface area contributed by atoms with Gasteiger partial charge in [-0.3, -0.25) is 4.79 Å². The van der Waals surface area contributed by atoms with Gasteiger partial charge in [0.15, 0.2) is 5.69 Å². The van der Waals surface area contributed by atoms with Crippen LogP contribution < -0.4 is 0 Å². The van der Waals surface area contributed by atoms with Crippen LogP contribution in [0.1, 0.15) is 59.9 Å². The number of fused-ring (bicyclic) bond motifs is 1. The van der Waals surface area contributed by atoms with Crippen LogP contribution in [0.15, 0.2) is 24.3 Å². The molecule has 0 saturated carbocycles. The van der Waals surface area contributed by atoms with Crippen molar-refractivity contribution < 1.29 is 19.4 Å². The summed E-state index contributed by atoms with van der Waals surface area (Å²) in [7, 11) is 1.66. The molecule has 1 amide bonds. The van der Waals surface area contributed by atoms with Gasteiger partial charge in [0.2, 0.25) is 5.60 Å². The molecule has 1 unspecified atom stereocenters. The SMILES string of the molecule is CCOC(=O)c1nn(-c2cccc(C#C[C@]3(O)CCN(C)C3=O)c2)c2c1C(C)CC2. The van der Waals surface area contributed by atoms with Gasteiger partial charge in [0, 0.05) is 36.8 Å². The molecule has 156 valence electrons. The molecule has 1 N–H and O–H groups in total. The van der Waals surface area contributed by atoms with E-state index in [1.54, 1.807) is 18.7 Å². The fraction of sp³-hybridized carbons (Fsp3) is 0.435. The van der Waals surface area contributed by atoms with E-state index < -0.39 is 11.6 Å². The highest BCUT2D eigenvalue weighted by molar-refractivity contribution is 5.91. The third kappa shape index (κ3) is 3.37. The van der Waals surface area contributed by atoms with Gasteiger partial charge in [0.25, 0.3) is 5.91 Å². The summed E-state index contributed by atoms with van der Waals surface area (Å²) in [6, 6.07) is 7.42. The Morgan fingerprint density at radius 3 is 2.93 bits per heavy atom. The minimum Gasteiger partial charge on any atom is -0.461 e. The number of hydrogen-bond acceptors (Lipinski definition) is 5. The number of nitrogens with zero attached hydrogens (tertiary/aromatic N) is 3. The average Bonchev–Trinajstić information content (AvgIpc) is 3.38. The first kappa shape index (κ1) is 20.2. The largest absolute Gasteiger partial charge is 0.461 e. The number of esters is 1. The number of ether oxygens (including phenoxy) is 1. The van der Waals surface area contributed by atoms with Gasteiger partial charge in [-0.05, 0) is 43.9 Å². The minimum atomic E-state index is -1.63. The van der Waals surface area contributed by atoms with Crippen molar-refractivity contribution in [3.8, 4) is 17.5 Å². The maximum Gasteiger partial charge on any atom is 0.359 e. The van der Waals surface area contributed by atoms with Crippen molar-refractivity contribution in [1.82, 2.24) is 14.7 Å². The van der Waals surface area contributed by atoms with E-state index in [1.807, 2.05) is 24.3 Å². The molecule has 1 aliphatic carbocycles. The summed E-state index contributed by atoms with van der Waals surface area (Å²) in [6.07, 6.45) is 2.09. The van der Waals surface area contributed by atoms with E-state index in [1.165, 1.54) is 4.90 Å². The van der Waals surface area contributed by atoms with E-state index in [4.69, 9.17) is 4.74 Å². The monoisotopic (exact) mass is 407 g/mol. The highest BCUT2D eigenvalue weighted by Gasteiger charge is 2.42. The second-order valence-corrected chi connectivity index (χ2v) is 7.92. The predicted molar refractivity (Wildman–Crippen MR) is 110 cm³/mol. The molecule has 1 aromatic heterocycles. The first-order chi connectivity index (χ1) is 14.3. The van der Waals surface area contributed by atoms with Gasteiger partial charge >= 0.3 is 5.97 Å². The van der Waals surface area contributed by atoms with Crippen molar-refractivity contribution >= 4 is 11.9 Å². The Hall–Kier alpha value is -3.11. The molecule has 0 radical (unpaired) electrons. The van der Waals surface area contributed by atoms with Crippen molar-refractivity contribution in [3.63, 3.8) is 0 Å². The molecular weight excluding hydrogens is 382 g/mol. The molecule has 4 rings (SSSR count). The van der Waals surface area contributed by atoms with Crippen LogP contribution in [0.5, 0.6) is 0 Å². The van der Waals surface area contributed by atoms with Crippen molar-refractivity contribution in [2.75, 3.05) is 20.2 Å². The Morgan fingerprint density at radius 2 is 2.23 bits per heavy atom. The van der Waals surface area contributed by atoms with Gasteiger partial charge in [-0.15, -0.1) is 0 Å². The summed E-state index contributed by atoms with van der Waals surface area (Å²) in [6.45, 7) is 4.66. The molecule has 2 heterocycles. The van der Waals surface area contributed by atoms with Crippen LogP contribution in [-0.4, -0.2) is 57.5 Å². The molecule has 7 heteroatoms. The number of aliphatic hydroxyl groups is 1. The van der Waals surface area contributed by atoms with E-state index >= 15 is 0 Å². The third-order valence-corrected chi connectivity index (χ3v) is 5.81. The smallest absolute Gasteiger partial charge is 0.359 e. The minimum absolute atomic E-state index is 0.246. The summed E-state index contributed by atoms with van der Waals surface area (Å²) in [5, 5.41) is 15.1. The number of aromatic nitrogens is 2. The quantitative estimate of drug-likeness (QED) is 0.622. The van der Waals surface area contributed by atoms with Crippen LogP contribution in [0.25, 0.3) is 5.69 Å². The molecular formula is C23H25N3O4. The van der Waals surface area contributed by atoms with E-state index in [0.29, 0.717) is 30.8 Å². The van der Waals surface area contributed by atoms with Gasteiger partial charge in [0.1, 0.15) is 0 Å². The number of rotatable bonds is 3. The Kier molecular flexibility index (Phi) is 5.12. The lowest BCUT2D eigenvalue weighted by Crippen LogP contribution is -2.37. The number of amides is 1. The van der Waals surface area contributed by atoms with Crippen molar-refractivity contribution in [2.24, 2.45) is 0 Å². The first-order valence-corrected chi connectivity index (χ1v) is 10.2. The third-order valence-electron chi connectivity index (χ3n) is 5.81. The van der Waals surface area contributed by atoms with Crippen LogP contribution >= 0.6 is 0 Å². The zero-order chi connectivity index (χ0) is 21.5. The molecule has 1 fully saturated rings. The number of hydrogen-bond donors (Lipinski definition) is 1. The molecule has 7 nitrogen and oxygen atoms in total. The molecule has 2 aromatic rings. The predicted octanol–water partition coefficient (Wildman–Crippen LogP) is 2.04. The van der Waals surface area contributed by atoms with E-state index in [0.717, 1.165) is 29.8 Å². The summed E-state index contributed by atoms with van der Waals surface area (Å²) in [5.41, 5.74) is 2.16. The van der Waals surface area contributed by atoms with Crippen LogP contribution in [0.4, 0.5) is 0 Å². The molecule has 30 heavy (non-hydrogen) atoms. The highest BCUT2D eigenvalue weighted by Crippen LogP contribution is 2.37. The summed E-state index contributed by atoms with van der Waals surface area (Å²) < 4.78 is 6.99. The number of likely N-dealkylation sites (tertiary alicyclic amines) is 1. The number of likely N-dealkylation sites (N-methyl/N-ethyl adjacent to an activating group) is 1. The lowest BCUT2D eigenvalue weighted by molar-refractivity contribution is -0.137. The fourth-order valence-corrected chi connectivity index (χ4v) is 4.15.